The second kappa shape index (κ2) is 31.9. The molecule has 492 valence electrons. The van der Waals surface area contributed by atoms with Crippen LogP contribution in [0.4, 0.5) is 63.7 Å². The monoisotopic (exact) mass is 1410 g/mol. The van der Waals surface area contributed by atoms with Crippen LogP contribution in [0, 0.1) is 10.1 Å². The Labute approximate surface area is 510 Å². The number of ether oxygens (including phenoxy) is 4. The molecule has 2 unspecified atom stereocenters. The first-order valence-corrected chi connectivity index (χ1v) is 31.0. The zero-order chi connectivity index (χ0) is 68.4. The molecule has 11 N–H and O–H groups in total. The van der Waals surface area contributed by atoms with Gasteiger partial charge >= 0.3 is 49.1 Å². The van der Waals surface area contributed by atoms with Crippen LogP contribution in [0.5, 0.6) is 23.5 Å². The number of carbonyl (C=O) groups excluding carboxylic acids is 2. The first-order valence-electron chi connectivity index (χ1n) is 23.3. The van der Waals surface area contributed by atoms with E-state index in [9.17, 15) is 89.8 Å². The van der Waals surface area contributed by atoms with Crippen LogP contribution in [0.1, 0.15) is 29.3 Å². The zero-order valence-electron chi connectivity index (χ0n) is 45.4. The number of carbonyl (C=O) groups is 4. The highest BCUT2D eigenvalue weighted by Gasteiger charge is 2.34. The van der Waals surface area contributed by atoms with Crippen LogP contribution in [0.2, 0.25) is 10.0 Å². The number of methoxy groups -OCH3 is 2. The van der Waals surface area contributed by atoms with E-state index in [0.717, 1.165) is 35.3 Å². The van der Waals surface area contributed by atoms with Crippen molar-refractivity contribution >= 4 is 108 Å². The van der Waals surface area contributed by atoms with Crippen molar-refractivity contribution in [2.75, 3.05) is 49.2 Å². The predicted molar refractivity (Wildman–Crippen MR) is 295 cm³/mol. The quantitative estimate of drug-likeness (QED) is 0.0187. The van der Waals surface area contributed by atoms with Gasteiger partial charge in [0.1, 0.15) is 27.7 Å². The molecule has 0 bridgehead atoms. The van der Waals surface area contributed by atoms with E-state index in [2.05, 4.69) is 44.8 Å². The Bertz CT molecular complexity index is 3940. The third kappa shape index (κ3) is 22.8. The van der Waals surface area contributed by atoms with Crippen LogP contribution in [-0.4, -0.2) is 156 Å². The average molecular weight is 1410 g/mol. The highest BCUT2D eigenvalue weighted by atomic mass is 35.5. The van der Waals surface area contributed by atoms with E-state index in [1.54, 1.807) is 10.0 Å². The van der Waals surface area contributed by atoms with E-state index in [-0.39, 0.29) is 51.8 Å². The molecule has 4 amide bonds. The number of benzene rings is 2. The van der Waals surface area contributed by atoms with Gasteiger partial charge in [0.15, 0.2) is 22.2 Å². The Morgan fingerprint density at radius 1 is 0.789 bits per heavy atom. The number of aliphatic carboxylic acids is 1. The third-order valence-electron chi connectivity index (χ3n) is 9.92. The van der Waals surface area contributed by atoms with Gasteiger partial charge in [0.25, 0.3) is 20.0 Å². The van der Waals surface area contributed by atoms with Crippen LogP contribution < -0.4 is 50.5 Å². The summed E-state index contributed by atoms with van der Waals surface area (Å²) < 4.78 is 193. The molecule has 0 aliphatic rings. The van der Waals surface area contributed by atoms with Crippen molar-refractivity contribution in [3.8, 4) is 29.2 Å². The lowest BCUT2D eigenvalue weighted by atomic mass is 10.2. The molecule has 2 aromatic carbocycles. The molecule has 47 heteroatoms. The minimum absolute atomic E-state index is 0.0412. The fraction of sp³-hybridized carbons (Fsp3) is 0.256. The van der Waals surface area contributed by atoms with E-state index < -0.39 is 147 Å². The number of carboxylic acids is 2. The maximum Gasteiger partial charge on any atom is 0.416 e. The molecular weight excluding hydrogens is 1360 g/mol. The summed E-state index contributed by atoms with van der Waals surface area (Å²) in [7, 11) is -13.7. The second-order valence-electron chi connectivity index (χ2n) is 16.4. The number of nitrogens with two attached hydrogens (primary N) is 2. The van der Waals surface area contributed by atoms with Crippen LogP contribution in [0.3, 0.4) is 0 Å². The third-order valence-corrected chi connectivity index (χ3v) is 16.2. The number of nitrogen functional groups attached to an aromatic ring is 1. The highest BCUT2D eigenvalue weighted by Crippen LogP contribution is 2.39. The summed E-state index contributed by atoms with van der Waals surface area (Å²) >= 11 is 11.5. The number of amides is 4. The molecule has 34 nitrogen and oxygen atoms in total. The lowest BCUT2D eigenvalue weighted by Crippen LogP contribution is -2.36. The summed E-state index contributed by atoms with van der Waals surface area (Å²) in [6, 6.07) is 5.94. The smallest absolute Gasteiger partial charge is 0.416 e. The van der Waals surface area contributed by atoms with Crippen molar-refractivity contribution in [2.24, 2.45) is 5.73 Å². The fourth-order valence-electron chi connectivity index (χ4n) is 5.98. The minimum Gasteiger partial charge on any atom is -0.481 e. The fourth-order valence-corrected chi connectivity index (χ4v) is 11.0. The number of aromatic carboxylic acids is 1. The summed E-state index contributed by atoms with van der Waals surface area (Å²) in [5.41, 5.74) is 8.23. The SMILES string of the molecule is CCS(=O)(=O)c1cccnc1S(=O)(=O)NC(=O)Nc1nc(OC)cc(OC)n1.CP(=O)(O)CCC(N)C(=O)O.Nc1c([N+](=O)[O-])cnn1-c1c(Cl)cc(C(F)(F)F)cc1Cl.O=C(Nc1nc(OC(F)F)cc(OC(F)F)n1)NS(=O)(=O)c1ccccc1C(=O)O. The Balaban J connectivity index is 0.000000329. The maximum atomic E-state index is 12.6. The number of sulfonamides is 2. The molecule has 0 spiro atoms. The van der Waals surface area contributed by atoms with E-state index in [4.69, 9.17) is 59.2 Å². The van der Waals surface area contributed by atoms with Crippen LogP contribution in [0.25, 0.3) is 5.69 Å². The van der Waals surface area contributed by atoms with Crippen LogP contribution in [0.15, 0.2) is 87.9 Å². The molecule has 0 aliphatic heterocycles. The molecule has 6 aromatic rings. The number of sulfone groups is 1. The van der Waals surface area contributed by atoms with Gasteiger partial charge < -0.3 is 45.5 Å². The number of hydrogen-bond donors (Lipinski definition) is 9. The normalized spacial score (nSPS) is 12.4. The number of urea groups is 2. The summed E-state index contributed by atoms with van der Waals surface area (Å²) in [5, 5.41) is 33.8. The molecule has 6 rings (SSSR count). The van der Waals surface area contributed by atoms with Gasteiger partial charge in [-0.05, 0) is 42.8 Å². The Kier molecular flexibility index (Phi) is 26.7. The molecule has 0 aliphatic carbocycles. The van der Waals surface area contributed by atoms with Crippen molar-refractivity contribution in [1.82, 2.24) is 44.1 Å². The van der Waals surface area contributed by atoms with Gasteiger partial charge in [-0.25, -0.2) is 50.3 Å². The zero-order valence-corrected chi connectivity index (χ0v) is 50.2. The number of nitrogens with zero attached hydrogens (tertiary/aromatic N) is 8. The highest BCUT2D eigenvalue weighted by molar-refractivity contribution is 7.93. The maximum absolute atomic E-state index is 12.6. The Morgan fingerprint density at radius 2 is 1.26 bits per heavy atom. The molecule has 4 aromatic heterocycles. The number of hydrogen-bond acceptors (Lipinski definition) is 25. The molecule has 0 fully saturated rings. The molecular formula is C43H44Cl2F7N14O20PS3. The van der Waals surface area contributed by atoms with Crippen molar-refractivity contribution in [2.45, 2.75) is 53.6 Å². The summed E-state index contributed by atoms with van der Waals surface area (Å²) in [6.07, 6.45) is -2.69. The van der Waals surface area contributed by atoms with Crippen LogP contribution >= 0.6 is 30.6 Å². The number of rotatable bonds is 21. The van der Waals surface area contributed by atoms with E-state index in [1.807, 2.05) is 0 Å². The number of carboxylic acid groups (broad SMARTS) is 2. The van der Waals surface area contributed by atoms with E-state index >= 15 is 0 Å². The van der Waals surface area contributed by atoms with Gasteiger partial charge in [-0.3, -0.25) is 30.1 Å². The molecule has 0 radical (unpaired) electrons. The van der Waals surface area contributed by atoms with Crippen molar-refractivity contribution < 1.29 is 119 Å². The molecule has 0 saturated heterocycles. The first-order chi connectivity index (χ1) is 41.5. The summed E-state index contributed by atoms with van der Waals surface area (Å²) in [5.74, 6) is -6.51. The average Bonchev–Trinajstić information content (AvgIpc) is 1.36. The standard InChI is InChI=1S/C14H10F4N4O7S.C14H17N5O7S2.C10H5Cl2F3N4O2.C5H12NO4P/c15-11(16)28-8-5-9(29-12(17)18)20-13(19-8)21-14(25)22-30(26,27)7-4-2-1-3-6(7)10(23)24;1-4-27(21,22)9-6-5-7-15-12(9)28(23,24)19-14(20)18-13-16-10(25-2)8-11(17-13)26-3;11-5-1-4(10(13,14)15)2-6(12)8(5)18-9(16)7(3-17-18)19(20)21;1-11(9,10)3-2-4(6)5(7)8/h1-5,11-12H,(H,23,24)(H2,19,20,21,22,25);5-8H,4H2,1-3H3,(H2,16,17,18,19,20);1-3H,16H2;4H,2-3,6H2,1H3,(H,7,8)(H,9,10). The van der Waals surface area contributed by atoms with E-state index in [0.29, 0.717) is 18.2 Å². The van der Waals surface area contributed by atoms with Gasteiger partial charge in [0.2, 0.25) is 41.2 Å². The number of nitro groups is 1. The van der Waals surface area contributed by atoms with Gasteiger partial charge in [0.05, 0.1) is 58.2 Å². The number of pyridine rings is 1. The minimum atomic E-state index is -4.71. The van der Waals surface area contributed by atoms with Gasteiger partial charge in [-0.2, -0.15) is 64.2 Å². The largest absolute Gasteiger partial charge is 0.481 e. The molecule has 2 atom stereocenters. The Morgan fingerprint density at radius 3 is 1.68 bits per heavy atom. The van der Waals surface area contributed by atoms with Crippen molar-refractivity contribution in [3.05, 3.63) is 104 Å². The predicted octanol–water partition coefficient (Wildman–Crippen LogP) is 5.46. The van der Waals surface area contributed by atoms with E-state index in [1.165, 1.54) is 56.8 Å². The van der Waals surface area contributed by atoms with Gasteiger partial charge in [-0.15, -0.1) is 0 Å². The van der Waals surface area contributed by atoms with Gasteiger partial charge in [-0.1, -0.05) is 42.3 Å². The number of alkyl halides is 7. The van der Waals surface area contributed by atoms with Gasteiger partial charge in [0, 0.05) is 19.0 Å². The molecule has 4 heterocycles. The molecule has 0 saturated carbocycles. The number of aromatic nitrogens is 7. The lowest BCUT2D eigenvalue weighted by Gasteiger charge is -2.12. The lowest BCUT2D eigenvalue weighted by molar-refractivity contribution is -0.383. The topological polar surface area (TPSA) is 511 Å². The molecule has 90 heavy (non-hydrogen) atoms. The number of halogens is 9. The number of anilines is 3. The summed E-state index contributed by atoms with van der Waals surface area (Å²) in [6.45, 7) is -4.28. The first kappa shape index (κ1) is 75.2. The van der Waals surface area contributed by atoms with Crippen molar-refractivity contribution in [3.63, 3.8) is 0 Å². The second-order valence-corrected chi connectivity index (χ2v) is 25.3. The number of nitrogens with one attached hydrogen (secondary N) is 4. The van der Waals surface area contributed by atoms with Crippen LogP contribution in [-0.2, 0) is 45.4 Å². The van der Waals surface area contributed by atoms with Crippen molar-refractivity contribution in [1.29, 1.82) is 0 Å². The summed E-state index contributed by atoms with van der Waals surface area (Å²) in [4.78, 5) is 80.4. The Hall–Kier alpha value is -9.07.